The van der Waals surface area contributed by atoms with Crippen LogP contribution in [0.2, 0.25) is 0 Å². The van der Waals surface area contributed by atoms with E-state index >= 15 is 0 Å². The van der Waals surface area contributed by atoms with Crippen molar-refractivity contribution in [2.45, 2.75) is 32.6 Å². The van der Waals surface area contributed by atoms with Crippen LogP contribution in [0.5, 0.6) is 0 Å². The number of ether oxygens (including phenoxy) is 2. The summed E-state index contributed by atoms with van der Waals surface area (Å²) in [5, 5.41) is 0. The van der Waals surface area contributed by atoms with Crippen LogP contribution in [0.25, 0.3) is 0 Å². The van der Waals surface area contributed by atoms with Gasteiger partial charge in [-0.2, -0.15) is 0 Å². The average Bonchev–Trinajstić information content (AvgIpc) is 2.80. The summed E-state index contributed by atoms with van der Waals surface area (Å²) in [6.45, 7) is 5.67. The van der Waals surface area contributed by atoms with E-state index in [1.54, 1.807) is 0 Å². The Hall–Kier alpha value is -2.17. The molecule has 0 aliphatic carbocycles. The lowest BCUT2D eigenvalue weighted by Gasteiger charge is -2.32. The summed E-state index contributed by atoms with van der Waals surface area (Å²) in [4.78, 5) is 15.1. The first-order chi connectivity index (χ1) is 11.6. The molecule has 24 heavy (non-hydrogen) atoms. The molecule has 0 N–H and O–H groups in total. The van der Waals surface area contributed by atoms with E-state index < -0.39 is 5.79 Å². The molecule has 124 valence electrons. The van der Waals surface area contributed by atoms with Crippen LogP contribution < -0.4 is 4.90 Å². The lowest BCUT2D eigenvalue weighted by Crippen LogP contribution is -2.47. The van der Waals surface area contributed by atoms with Gasteiger partial charge in [-0.05, 0) is 37.5 Å². The molecular formula is C20H21NO3. The van der Waals surface area contributed by atoms with Crippen LogP contribution in [-0.2, 0) is 26.6 Å². The molecule has 0 unspecified atom stereocenters. The first kappa shape index (κ1) is 15.4. The number of carbonyl (C=O) groups excluding carboxylic acids is 1. The van der Waals surface area contributed by atoms with Crippen molar-refractivity contribution in [3.05, 3.63) is 64.7 Å². The van der Waals surface area contributed by atoms with Crippen LogP contribution in [0.3, 0.4) is 0 Å². The predicted molar refractivity (Wildman–Crippen MR) is 91.7 cm³/mol. The Kier molecular flexibility index (Phi) is 3.66. The van der Waals surface area contributed by atoms with Crippen LogP contribution in [0.1, 0.15) is 28.7 Å². The molecule has 2 aromatic rings. The first-order valence-corrected chi connectivity index (χ1v) is 8.37. The highest BCUT2D eigenvalue weighted by atomic mass is 16.7. The highest BCUT2D eigenvalue weighted by molar-refractivity contribution is 6.07. The van der Waals surface area contributed by atoms with E-state index in [1.807, 2.05) is 55.1 Å². The van der Waals surface area contributed by atoms with Crippen LogP contribution >= 0.6 is 0 Å². The van der Waals surface area contributed by atoms with Gasteiger partial charge in [0.05, 0.1) is 25.4 Å². The van der Waals surface area contributed by atoms with Crippen molar-refractivity contribution in [1.29, 1.82) is 0 Å². The molecule has 2 aromatic carbocycles. The molecule has 1 saturated heterocycles. The molecule has 0 aromatic heterocycles. The molecule has 0 bridgehead atoms. The number of hydrogen-bond acceptors (Lipinski definition) is 3. The molecule has 0 atom stereocenters. The minimum absolute atomic E-state index is 0.116. The Morgan fingerprint density at radius 2 is 1.79 bits per heavy atom. The Bertz CT molecular complexity index is 779. The summed E-state index contributed by atoms with van der Waals surface area (Å²) in [6.07, 6.45) is 0.813. The average molecular weight is 323 g/mol. The molecule has 0 saturated carbocycles. The molecule has 1 amide bonds. The van der Waals surface area contributed by atoms with Crippen LogP contribution in [0.15, 0.2) is 42.5 Å². The van der Waals surface area contributed by atoms with Crippen molar-refractivity contribution in [2.75, 3.05) is 18.1 Å². The van der Waals surface area contributed by atoms with E-state index in [0.29, 0.717) is 19.8 Å². The standard InChI is InChI=1S/C20H21NO3/c1-14-11-15(2)18-17(12-14)20(23-9-6-10-24-20)19(22)21(18)13-16-7-4-3-5-8-16/h3-5,7-8,11-12H,6,9-10,13H2,1-2H3. The first-order valence-electron chi connectivity index (χ1n) is 8.37. The minimum Gasteiger partial charge on any atom is -0.338 e. The number of aryl methyl sites for hydroxylation is 2. The van der Waals surface area contributed by atoms with Crippen molar-refractivity contribution in [3.63, 3.8) is 0 Å². The van der Waals surface area contributed by atoms with Gasteiger partial charge < -0.3 is 14.4 Å². The van der Waals surface area contributed by atoms with Gasteiger partial charge in [0.1, 0.15) is 0 Å². The fourth-order valence-corrected chi connectivity index (χ4v) is 3.69. The molecular weight excluding hydrogens is 302 g/mol. The number of hydrogen-bond donors (Lipinski definition) is 0. The Morgan fingerprint density at radius 3 is 2.50 bits per heavy atom. The van der Waals surface area contributed by atoms with Crippen LogP contribution in [0, 0.1) is 13.8 Å². The SMILES string of the molecule is Cc1cc(C)c2c(c1)C1(OCCCO1)C(=O)N2Cc1ccccc1. The second-order valence-electron chi connectivity index (χ2n) is 6.52. The molecule has 0 radical (unpaired) electrons. The van der Waals surface area contributed by atoms with E-state index in [4.69, 9.17) is 9.47 Å². The van der Waals surface area contributed by atoms with Crippen LogP contribution in [0.4, 0.5) is 5.69 Å². The van der Waals surface area contributed by atoms with Crippen molar-refractivity contribution in [3.8, 4) is 0 Å². The number of benzene rings is 2. The maximum atomic E-state index is 13.3. The van der Waals surface area contributed by atoms with Gasteiger partial charge in [0, 0.05) is 5.56 Å². The zero-order chi connectivity index (χ0) is 16.7. The monoisotopic (exact) mass is 323 g/mol. The molecule has 4 nitrogen and oxygen atoms in total. The van der Waals surface area contributed by atoms with E-state index in [-0.39, 0.29) is 5.91 Å². The Labute approximate surface area is 142 Å². The number of nitrogens with zero attached hydrogens (tertiary/aromatic N) is 1. The number of carbonyl (C=O) groups is 1. The number of amides is 1. The molecule has 4 heteroatoms. The van der Waals surface area contributed by atoms with Crippen molar-refractivity contribution in [1.82, 2.24) is 0 Å². The van der Waals surface area contributed by atoms with Crippen molar-refractivity contribution in [2.24, 2.45) is 0 Å². The summed E-state index contributed by atoms with van der Waals surface area (Å²) < 4.78 is 11.9. The van der Waals surface area contributed by atoms with Gasteiger partial charge in [0.15, 0.2) is 0 Å². The predicted octanol–water partition coefficient (Wildman–Crippen LogP) is 3.44. The fourth-order valence-electron chi connectivity index (χ4n) is 3.69. The van der Waals surface area contributed by atoms with Gasteiger partial charge in [-0.15, -0.1) is 0 Å². The Morgan fingerprint density at radius 1 is 1.08 bits per heavy atom. The van der Waals surface area contributed by atoms with E-state index in [2.05, 4.69) is 6.07 Å². The zero-order valence-corrected chi connectivity index (χ0v) is 14.0. The highest BCUT2D eigenvalue weighted by Crippen LogP contribution is 2.47. The van der Waals surface area contributed by atoms with E-state index in [1.165, 1.54) is 0 Å². The smallest absolute Gasteiger partial charge is 0.292 e. The molecule has 1 fully saturated rings. The number of fused-ring (bicyclic) bond motifs is 2. The summed E-state index contributed by atoms with van der Waals surface area (Å²) >= 11 is 0. The van der Waals surface area contributed by atoms with Gasteiger partial charge in [-0.3, -0.25) is 4.79 Å². The van der Waals surface area contributed by atoms with Gasteiger partial charge in [-0.1, -0.05) is 42.0 Å². The summed E-state index contributed by atoms with van der Waals surface area (Å²) in [6, 6.07) is 14.1. The zero-order valence-electron chi connectivity index (χ0n) is 14.0. The normalized spacial score (nSPS) is 18.9. The number of rotatable bonds is 2. The van der Waals surface area contributed by atoms with Crippen molar-refractivity contribution < 1.29 is 14.3 Å². The van der Waals surface area contributed by atoms with Gasteiger partial charge in [0.2, 0.25) is 0 Å². The topological polar surface area (TPSA) is 38.8 Å². The highest BCUT2D eigenvalue weighted by Gasteiger charge is 2.55. The third kappa shape index (κ3) is 2.26. The number of anilines is 1. The van der Waals surface area contributed by atoms with E-state index in [0.717, 1.165) is 34.4 Å². The van der Waals surface area contributed by atoms with Crippen molar-refractivity contribution >= 4 is 11.6 Å². The third-order valence-electron chi connectivity index (χ3n) is 4.68. The summed E-state index contributed by atoms with van der Waals surface area (Å²) in [5.74, 6) is -1.38. The fraction of sp³-hybridized carbons (Fsp3) is 0.350. The third-order valence-corrected chi connectivity index (χ3v) is 4.68. The largest absolute Gasteiger partial charge is 0.338 e. The van der Waals surface area contributed by atoms with Gasteiger partial charge in [0.25, 0.3) is 11.7 Å². The minimum atomic E-state index is -1.26. The quantitative estimate of drug-likeness (QED) is 0.850. The van der Waals surface area contributed by atoms with Crippen LogP contribution in [-0.4, -0.2) is 19.1 Å². The summed E-state index contributed by atoms with van der Waals surface area (Å²) in [7, 11) is 0. The molecule has 1 spiro atoms. The molecule has 2 heterocycles. The van der Waals surface area contributed by atoms with E-state index in [9.17, 15) is 4.79 Å². The second kappa shape index (κ2) is 5.72. The van der Waals surface area contributed by atoms with Gasteiger partial charge >= 0.3 is 0 Å². The molecule has 4 rings (SSSR count). The molecule has 2 aliphatic heterocycles. The molecule has 2 aliphatic rings. The maximum Gasteiger partial charge on any atom is 0.292 e. The maximum absolute atomic E-state index is 13.3. The lowest BCUT2D eigenvalue weighted by atomic mass is 10.00. The Balaban J connectivity index is 1.83. The lowest BCUT2D eigenvalue weighted by molar-refractivity contribution is -0.256. The summed E-state index contributed by atoms with van der Waals surface area (Å²) in [5.41, 5.74) is 5.04. The second-order valence-corrected chi connectivity index (χ2v) is 6.52. The van der Waals surface area contributed by atoms with Gasteiger partial charge in [-0.25, -0.2) is 0 Å².